The highest BCUT2D eigenvalue weighted by molar-refractivity contribution is 8.00. The highest BCUT2D eigenvalue weighted by atomic mass is 32.2. The summed E-state index contributed by atoms with van der Waals surface area (Å²) in [5.41, 5.74) is 2.24. The molecule has 1 atom stereocenters. The maximum absolute atomic E-state index is 13.2. The number of benzene rings is 3. The number of aromatic nitrogens is 1. The Morgan fingerprint density at radius 2 is 1.46 bits per heavy atom. The monoisotopic (exact) mass is 566 g/mol. The lowest BCUT2D eigenvalue weighted by molar-refractivity contribution is -0.115. The fourth-order valence-corrected chi connectivity index (χ4v) is 4.45. The van der Waals surface area contributed by atoms with E-state index in [1.165, 1.54) is 36.0 Å². The molecule has 0 saturated heterocycles. The number of amides is 3. The van der Waals surface area contributed by atoms with Gasteiger partial charge in [-0.1, -0.05) is 24.3 Å². The van der Waals surface area contributed by atoms with Crippen molar-refractivity contribution in [1.29, 1.82) is 0 Å². The molecule has 41 heavy (non-hydrogen) atoms. The van der Waals surface area contributed by atoms with E-state index in [4.69, 9.17) is 5.11 Å². The minimum absolute atomic E-state index is 0.0481. The van der Waals surface area contributed by atoms with Crippen LogP contribution in [0.5, 0.6) is 0 Å². The largest absolute Gasteiger partial charge is 0.478 e. The fourth-order valence-electron chi connectivity index (χ4n) is 3.58. The van der Waals surface area contributed by atoms with Gasteiger partial charge in [-0.25, -0.2) is 4.79 Å². The number of hydrogen-bond donors (Lipinski definition) is 4. The van der Waals surface area contributed by atoms with Gasteiger partial charge in [-0.15, -0.1) is 11.8 Å². The highest BCUT2D eigenvalue weighted by Gasteiger charge is 2.17. The van der Waals surface area contributed by atoms with Crippen LogP contribution in [0, 0.1) is 0 Å². The molecule has 0 aliphatic carbocycles. The molecule has 1 unspecified atom stereocenters. The molecule has 0 radical (unpaired) electrons. The average Bonchev–Trinajstić information content (AvgIpc) is 2.99. The number of thioether (sulfide) groups is 1. The zero-order chi connectivity index (χ0) is 29.2. The molecule has 10 heteroatoms. The number of carbonyl (C=O) groups excluding carboxylic acids is 3. The molecule has 0 saturated carbocycles. The number of nitrogens with one attached hydrogen (secondary N) is 3. The van der Waals surface area contributed by atoms with Crippen LogP contribution in [-0.4, -0.2) is 39.0 Å². The summed E-state index contributed by atoms with van der Waals surface area (Å²) in [5, 5.41) is 16.8. The third kappa shape index (κ3) is 8.38. The van der Waals surface area contributed by atoms with Crippen LogP contribution in [0.15, 0.2) is 114 Å². The van der Waals surface area contributed by atoms with Crippen LogP contribution in [-0.2, 0) is 9.59 Å². The number of aromatic carboxylic acids is 1. The number of nitrogens with zero attached hydrogens (tertiary/aromatic N) is 1. The summed E-state index contributed by atoms with van der Waals surface area (Å²) in [4.78, 5) is 54.4. The Morgan fingerprint density at radius 3 is 2.10 bits per heavy atom. The molecule has 0 fully saturated rings. The van der Waals surface area contributed by atoms with Gasteiger partial charge in [0.05, 0.1) is 10.8 Å². The Kier molecular flexibility index (Phi) is 9.63. The first kappa shape index (κ1) is 28.8. The van der Waals surface area contributed by atoms with Gasteiger partial charge in [0.15, 0.2) is 0 Å². The van der Waals surface area contributed by atoms with Crippen LogP contribution in [0.2, 0.25) is 0 Å². The van der Waals surface area contributed by atoms with Crippen molar-refractivity contribution in [3.63, 3.8) is 0 Å². The second kappa shape index (κ2) is 13.7. The lowest BCUT2D eigenvalue weighted by atomic mass is 10.2. The molecule has 0 aliphatic heterocycles. The number of carboxylic acids is 1. The van der Waals surface area contributed by atoms with Gasteiger partial charge in [0.1, 0.15) is 5.70 Å². The molecule has 1 aromatic heterocycles. The summed E-state index contributed by atoms with van der Waals surface area (Å²) >= 11 is 1.33. The van der Waals surface area contributed by atoms with Gasteiger partial charge in [-0.05, 0) is 85.3 Å². The van der Waals surface area contributed by atoms with Crippen molar-refractivity contribution >= 4 is 52.9 Å². The molecule has 206 valence electrons. The van der Waals surface area contributed by atoms with Crippen LogP contribution >= 0.6 is 11.8 Å². The van der Waals surface area contributed by atoms with Crippen molar-refractivity contribution < 1.29 is 24.3 Å². The molecule has 4 rings (SSSR count). The molecule has 3 aromatic carbocycles. The van der Waals surface area contributed by atoms with E-state index in [-0.39, 0.29) is 17.2 Å². The normalized spacial score (nSPS) is 11.7. The van der Waals surface area contributed by atoms with Crippen LogP contribution in [0.4, 0.5) is 11.4 Å². The molecule has 0 spiro atoms. The summed E-state index contributed by atoms with van der Waals surface area (Å²) in [5.74, 6) is -2.22. The van der Waals surface area contributed by atoms with E-state index in [1.54, 1.807) is 92.1 Å². The van der Waals surface area contributed by atoms with Crippen LogP contribution < -0.4 is 16.0 Å². The number of carbonyl (C=O) groups is 4. The van der Waals surface area contributed by atoms with Crippen molar-refractivity contribution in [2.75, 3.05) is 10.6 Å². The van der Waals surface area contributed by atoms with E-state index in [9.17, 15) is 19.2 Å². The number of anilines is 2. The molecule has 1 heterocycles. The topological polar surface area (TPSA) is 137 Å². The zero-order valence-electron chi connectivity index (χ0n) is 21.9. The van der Waals surface area contributed by atoms with E-state index >= 15 is 0 Å². The van der Waals surface area contributed by atoms with Crippen LogP contribution in [0.25, 0.3) is 6.08 Å². The third-order valence-corrected chi connectivity index (χ3v) is 6.83. The Hall–Kier alpha value is -5.22. The molecule has 4 N–H and O–H groups in total. The van der Waals surface area contributed by atoms with Gasteiger partial charge < -0.3 is 21.1 Å². The van der Waals surface area contributed by atoms with Gasteiger partial charge in [0, 0.05) is 34.2 Å². The summed E-state index contributed by atoms with van der Waals surface area (Å²) in [7, 11) is 0. The first-order chi connectivity index (χ1) is 19.8. The Balaban J connectivity index is 1.39. The molecule has 4 aromatic rings. The van der Waals surface area contributed by atoms with Crippen molar-refractivity contribution in [3.05, 3.63) is 126 Å². The quantitative estimate of drug-likeness (QED) is 0.151. The second-order valence-corrected chi connectivity index (χ2v) is 10.2. The molecular weight excluding hydrogens is 540 g/mol. The van der Waals surface area contributed by atoms with Crippen molar-refractivity contribution in [1.82, 2.24) is 10.3 Å². The second-order valence-electron chi connectivity index (χ2n) is 8.77. The average molecular weight is 567 g/mol. The van der Waals surface area contributed by atoms with E-state index < -0.39 is 23.0 Å². The Morgan fingerprint density at radius 1 is 0.805 bits per heavy atom. The maximum atomic E-state index is 13.2. The summed E-state index contributed by atoms with van der Waals surface area (Å²) in [6, 6.07) is 25.0. The van der Waals surface area contributed by atoms with E-state index in [1.807, 2.05) is 0 Å². The minimum Gasteiger partial charge on any atom is -0.478 e. The third-order valence-electron chi connectivity index (χ3n) is 5.72. The van der Waals surface area contributed by atoms with Gasteiger partial charge >= 0.3 is 5.97 Å². The number of rotatable bonds is 10. The van der Waals surface area contributed by atoms with Crippen LogP contribution in [0.1, 0.15) is 33.2 Å². The van der Waals surface area contributed by atoms with Crippen molar-refractivity contribution in [2.45, 2.75) is 17.1 Å². The van der Waals surface area contributed by atoms with Crippen molar-refractivity contribution in [2.24, 2.45) is 0 Å². The first-order valence-electron chi connectivity index (χ1n) is 12.5. The Labute approximate surface area is 240 Å². The Bertz CT molecular complexity index is 1560. The molecule has 3 amide bonds. The fraction of sp³-hybridized carbons (Fsp3) is 0.0645. The lowest BCUT2D eigenvalue weighted by Crippen LogP contribution is -2.30. The molecule has 0 bridgehead atoms. The van der Waals surface area contributed by atoms with Gasteiger partial charge in [-0.3, -0.25) is 19.4 Å². The smallest absolute Gasteiger partial charge is 0.335 e. The van der Waals surface area contributed by atoms with Gasteiger partial charge in [-0.2, -0.15) is 0 Å². The lowest BCUT2D eigenvalue weighted by Gasteiger charge is -2.13. The number of carboxylic acid groups (broad SMARTS) is 1. The van der Waals surface area contributed by atoms with Gasteiger partial charge in [0.2, 0.25) is 5.91 Å². The van der Waals surface area contributed by atoms with E-state index in [0.717, 1.165) is 4.90 Å². The van der Waals surface area contributed by atoms with Crippen LogP contribution in [0.3, 0.4) is 0 Å². The summed E-state index contributed by atoms with van der Waals surface area (Å²) in [6.45, 7) is 1.76. The van der Waals surface area contributed by atoms with Crippen molar-refractivity contribution in [3.8, 4) is 0 Å². The first-order valence-corrected chi connectivity index (χ1v) is 13.4. The summed E-state index contributed by atoms with van der Waals surface area (Å²) in [6.07, 6.45) is 4.74. The molecule has 9 nitrogen and oxygen atoms in total. The molecule has 0 aliphatic rings. The maximum Gasteiger partial charge on any atom is 0.335 e. The standard InChI is InChI=1S/C31H26N4O5S/c1-20(28(36)33-24-11-9-23(10-12-24)31(39)40)41-26-15-13-25(14-16-26)34-30(38)27(18-21-6-5-17-32-19-21)35-29(37)22-7-3-2-4-8-22/h2-20H,1H3,(H,33,36)(H,34,38)(H,35,37)(H,39,40)/b27-18-. The molecular formula is C31H26N4O5S. The minimum atomic E-state index is -1.04. The van der Waals surface area contributed by atoms with E-state index in [0.29, 0.717) is 22.5 Å². The highest BCUT2D eigenvalue weighted by Crippen LogP contribution is 2.26. The van der Waals surface area contributed by atoms with E-state index in [2.05, 4.69) is 20.9 Å². The number of hydrogen-bond acceptors (Lipinski definition) is 6. The number of pyridine rings is 1. The zero-order valence-corrected chi connectivity index (χ0v) is 22.7. The summed E-state index contributed by atoms with van der Waals surface area (Å²) < 4.78 is 0. The predicted molar refractivity (Wildman–Crippen MR) is 159 cm³/mol. The van der Waals surface area contributed by atoms with Gasteiger partial charge in [0.25, 0.3) is 11.8 Å². The SMILES string of the molecule is CC(Sc1ccc(NC(=O)/C(=C/c2cccnc2)NC(=O)c2ccccc2)cc1)C(=O)Nc1ccc(C(=O)O)cc1. The predicted octanol–water partition coefficient (Wildman–Crippen LogP) is 5.31.